The molecule has 0 saturated heterocycles. The first-order chi connectivity index (χ1) is 9.04. The third-order valence-corrected chi connectivity index (χ3v) is 2.81. The number of anilines is 1. The maximum Gasteiger partial charge on any atom is 0.228 e. The molecule has 0 aliphatic heterocycles. The van der Waals surface area contributed by atoms with Crippen molar-refractivity contribution in [2.45, 2.75) is 13.3 Å². The predicted octanol–water partition coefficient (Wildman–Crippen LogP) is 2.41. The molecule has 0 aliphatic carbocycles. The van der Waals surface area contributed by atoms with Crippen molar-refractivity contribution in [3.8, 4) is 0 Å². The number of hydrogen-bond donors (Lipinski definition) is 1. The molecule has 1 heterocycles. The summed E-state index contributed by atoms with van der Waals surface area (Å²) in [6, 6.07) is 8.86. The second kappa shape index (κ2) is 5.52. The summed E-state index contributed by atoms with van der Waals surface area (Å²) >= 11 is 0. The maximum absolute atomic E-state index is 11.9. The van der Waals surface area contributed by atoms with Gasteiger partial charge >= 0.3 is 0 Å². The molecule has 0 radical (unpaired) electrons. The smallest absolute Gasteiger partial charge is 0.228 e. The van der Waals surface area contributed by atoms with Gasteiger partial charge in [-0.2, -0.15) is 0 Å². The van der Waals surface area contributed by atoms with E-state index in [2.05, 4.69) is 5.32 Å². The van der Waals surface area contributed by atoms with Gasteiger partial charge in [-0.05, 0) is 30.7 Å². The molecule has 0 spiro atoms. The number of aryl methyl sites for hydroxylation is 1. The average molecular weight is 256 g/mol. The van der Waals surface area contributed by atoms with Crippen LogP contribution < -0.4 is 5.32 Å². The first-order valence-corrected chi connectivity index (χ1v) is 6.06. The van der Waals surface area contributed by atoms with Crippen molar-refractivity contribution in [3.63, 3.8) is 0 Å². The molecule has 1 amide bonds. The van der Waals surface area contributed by atoms with Gasteiger partial charge in [0.05, 0.1) is 6.42 Å². The summed E-state index contributed by atoms with van der Waals surface area (Å²) in [6.45, 7) is 1.50. The Balaban J connectivity index is 2.02. The van der Waals surface area contributed by atoms with Gasteiger partial charge in [-0.25, -0.2) is 0 Å². The normalized spacial score (nSPS) is 10.2. The number of nitrogens with zero attached hydrogens (tertiary/aromatic N) is 1. The van der Waals surface area contributed by atoms with Crippen molar-refractivity contribution >= 4 is 17.4 Å². The van der Waals surface area contributed by atoms with E-state index in [9.17, 15) is 9.59 Å². The summed E-state index contributed by atoms with van der Waals surface area (Å²) in [5.41, 5.74) is 2.20. The molecule has 2 aromatic rings. The number of Topliss-reactive ketones (excluding diaryl/α,β-unsaturated/α-hetero) is 1. The number of aromatic nitrogens is 1. The lowest BCUT2D eigenvalue weighted by Gasteiger charge is -2.05. The SMILES string of the molecule is CC(=O)c1cccc(NC(=O)Cc2ccn(C)c2)c1. The van der Waals surface area contributed by atoms with Gasteiger partial charge in [-0.1, -0.05) is 12.1 Å². The van der Waals surface area contributed by atoms with E-state index in [4.69, 9.17) is 0 Å². The fourth-order valence-electron chi connectivity index (χ4n) is 1.87. The molecule has 0 aliphatic rings. The lowest BCUT2D eigenvalue weighted by molar-refractivity contribution is -0.115. The second-order valence-corrected chi connectivity index (χ2v) is 4.55. The molecular weight excluding hydrogens is 240 g/mol. The van der Waals surface area contributed by atoms with Crippen molar-refractivity contribution in [1.82, 2.24) is 4.57 Å². The molecule has 0 unspecified atom stereocenters. The van der Waals surface area contributed by atoms with Crippen LogP contribution in [-0.4, -0.2) is 16.3 Å². The van der Waals surface area contributed by atoms with Crippen LogP contribution in [-0.2, 0) is 18.3 Å². The molecule has 19 heavy (non-hydrogen) atoms. The summed E-state index contributed by atoms with van der Waals surface area (Å²) in [6.07, 6.45) is 4.13. The largest absolute Gasteiger partial charge is 0.357 e. The summed E-state index contributed by atoms with van der Waals surface area (Å²) in [5, 5.41) is 2.79. The van der Waals surface area contributed by atoms with Crippen molar-refractivity contribution in [2.75, 3.05) is 5.32 Å². The number of amides is 1. The number of carbonyl (C=O) groups is 2. The predicted molar refractivity (Wildman–Crippen MR) is 74.2 cm³/mol. The summed E-state index contributed by atoms with van der Waals surface area (Å²) in [4.78, 5) is 23.1. The van der Waals surface area contributed by atoms with E-state index in [1.54, 1.807) is 24.3 Å². The second-order valence-electron chi connectivity index (χ2n) is 4.55. The molecule has 0 fully saturated rings. The Hall–Kier alpha value is -2.36. The molecule has 0 saturated carbocycles. The van der Waals surface area contributed by atoms with Crippen molar-refractivity contribution in [3.05, 3.63) is 53.9 Å². The minimum Gasteiger partial charge on any atom is -0.357 e. The zero-order valence-corrected chi connectivity index (χ0v) is 11.0. The average Bonchev–Trinajstić information content (AvgIpc) is 2.74. The monoisotopic (exact) mass is 256 g/mol. The van der Waals surface area contributed by atoms with E-state index >= 15 is 0 Å². The zero-order chi connectivity index (χ0) is 13.8. The zero-order valence-electron chi connectivity index (χ0n) is 11.0. The van der Waals surface area contributed by atoms with Crippen molar-refractivity contribution in [1.29, 1.82) is 0 Å². The number of ketones is 1. The van der Waals surface area contributed by atoms with Crippen LogP contribution in [0.3, 0.4) is 0 Å². The molecule has 1 aromatic carbocycles. The molecule has 2 rings (SSSR count). The van der Waals surface area contributed by atoms with Crippen molar-refractivity contribution in [2.24, 2.45) is 7.05 Å². The van der Waals surface area contributed by atoms with E-state index in [-0.39, 0.29) is 11.7 Å². The molecule has 4 heteroatoms. The summed E-state index contributed by atoms with van der Waals surface area (Å²) in [7, 11) is 1.91. The van der Waals surface area contributed by atoms with Gasteiger partial charge in [0.1, 0.15) is 0 Å². The lowest BCUT2D eigenvalue weighted by atomic mass is 10.1. The van der Waals surface area contributed by atoms with Gasteiger partial charge < -0.3 is 9.88 Å². The molecular formula is C15H16N2O2. The van der Waals surface area contributed by atoms with Crippen molar-refractivity contribution < 1.29 is 9.59 Å². The van der Waals surface area contributed by atoms with Crippen LogP contribution in [0.15, 0.2) is 42.7 Å². The molecule has 98 valence electrons. The minimum absolute atomic E-state index is 0.0147. The molecule has 4 nitrogen and oxygen atoms in total. The fraction of sp³-hybridized carbons (Fsp3) is 0.200. The van der Waals surface area contributed by atoms with Crippen LogP contribution >= 0.6 is 0 Å². The molecule has 1 N–H and O–H groups in total. The number of nitrogens with one attached hydrogen (secondary N) is 1. The van der Waals surface area contributed by atoms with Crippen LogP contribution in [0.2, 0.25) is 0 Å². The quantitative estimate of drug-likeness (QED) is 0.854. The maximum atomic E-state index is 11.9. The number of hydrogen-bond acceptors (Lipinski definition) is 2. The number of rotatable bonds is 4. The highest BCUT2D eigenvalue weighted by Gasteiger charge is 2.06. The molecule has 0 bridgehead atoms. The summed E-state index contributed by atoms with van der Waals surface area (Å²) in [5.74, 6) is -0.105. The minimum atomic E-state index is -0.0908. The topological polar surface area (TPSA) is 51.1 Å². The molecule has 0 atom stereocenters. The third-order valence-electron chi connectivity index (χ3n) is 2.81. The third kappa shape index (κ3) is 3.55. The van der Waals surface area contributed by atoms with E-state index < -0.39 is 0 Å². The first kappa shape index (κ1) is 13.1. The van der Waals surface area contributed by atoms with Crippen LogP contribution in [0.1, 0.15) is 22.8 Å². The van der Waals surface area contributed by atoms with Crippen LogP contribution in [0.5, 0.6) is 0 Å². The number of benzene rings is 1. The van der Waals surface area contributed by atoms with Gasteiger partial charge in [0.15, 0.2) is 5.78 Å². The van der Waals surface area contributed by atoms with Gasteiger partial charge in [0, 0.05) is 30.7 Å². The highest BCUT2D eigenvalue weighted by Crippen LogP contribution is 2.12. The first-order valence-electron chi connectivity index (χ1n) is 6.06. The van der Waals surface area contributed by atoms with E-state index in [1.165, 1.54) is 6.92 Å². The molecule has 1 aromatic heterocycles. The Kier molecular flexibility index (Phi) is 3.80. The standard InChI is InChI=1S/C15H16N2O2/c1-11(18)13-4-3-5-14(9-13)16-15(19)8-12-6-7-17(2)10-12/h3-7,9-10H,8H2,1-2H3,(H,16,19). The Morgan fingerprint density at radius 2 is 2.05 bits per heavy atom. The highest BCUT2D eigenvalue weighted by atomic mass is 16.1. The fourth-order valence-corrected chi connectivity index (χ4v) is 1.87. The van der Waals surface area contributed by atoms with E-state index in [0.717, 1.165) is 5.56 Å². The van der Waals surface area contributed by atoms with E-state index in [1.807, 2.05) is 30.1 Å². The highest BCUT2D eigenvalue weighted by molar-refractivity contribution is 5.97. The summed E-state index contributed by atoms with van der Waals surface area (Å²) < 4.78 is 1.90. The van der Waals surface area contributed by atoms with Crippen LogP contribution in [0.25, 0.3) is 0 Å². The Morgan fingerprint density at radius 1 is 1.26 bits per heavy atom. The van der Waals surface area contributed by atoms with Crippen LogP contribution in [0.4, 0.5) is 5.69 Å². The number of carbonyl (C=O) groups excluding carboxylic acids is 2. The Morgan fingerprint density at radius 3 is 2.68 bits per heavy atom. The Bertz CT molecular complexity index is 614. The van der Waals surface area contributed by atoms with Gasteiger partial charge in [0.25, 0.3) is 0 Å². The Labute approximate surface area is 112 Å². The van der Waals surface area contributed by atoms with E-state index in [0.29, 0.717) is 17.7 Å². The van der Waals surface area contributed by atoms with Gasteiger partial charge in [-0.3, -0.25) is 9.59 Å². The lowest BCUT2D eigenvalue weighted by Crippen LogP contribution is -2.14. The van der Waals surface area contributed by atoms with Gasteiger partial charge in [0.2, 0.25) is 5.91 Å². The van der Waals surface area contributed by atoms with Gasteiger partial charge in [-0.15, -0.1) is 0 Å². The van der Waals surface area contributed by atoms with Crippen LogP contribution in [0, 0.1) is 0 Å².